The van der Waals surface area contributed by atoms with Gasteiger partial charge in [-0.2, -0.15) is 0 Å². The molecule has 1 fully saturated rings. The number of carbonyl (C=O) groups excluding carboxylic acids is 1. The number of ether oxygens (including phenoxy) is 1. The highest BCUT2D eigenvalue weighted by Crippen LogP contribution is 2.23. The minimum Gasteiger partial charge on any atom is -0.381 e. The first-order valence-corrected chi connectivity index (χ1v) is 7.59. The second-order valence-corrected chi connectivity index (χ2v) is 6.54. The van der Waals surface area contributed by atoms with Crippen LogP contribution in [0.5, 0.6) is 0 Å². The van der Waals surface area contributed by atoms with Crippen molar-refractivity contribution in [3.63, 3.8) is 0 Å². The zero-order chi connectivity index (χ0) is 14.8. The molecule has 1 aromatic rings. The van der Waals surface area contributed by atoms with Crippen molar-refractivity contribution in [1.82, 2.24) is 4.90 Å². The van der Waals surface area contributed by atoms with Crippen LogP contribution in [0.3, 0.4) is 0 Å². The van der Waals surface area contributed by atoms with Gasteiger partial charge >= 0.3 is 0 Å². The SMILES string of the molecule is CN(CC1CCOC1)C(=O)C(C)(N)c1ccc(Br)cc1.Cl. The summed E-state index contributed by atoms with van der Waals surface area (Å²) in [5.74, 6) is 0.358. The second-order valence-electron chi connectivity index (χ2n) is 5.62. The zero-order valence-corrected chi connectivity index (χ0v) is 14.7. The van der Waals surface area contributed by atoms with Gasteiger partial charge in [0.25, 0.3) is 0 Å². The molecule has 0 saturated carbocycles. The summed E-state index contributed by atoms with van der Waals surface area (Å²) in [7, 11) is 1.81. The molecule has 6 heteroatoms. The first kappa shape index (κ1) is 18.4. The quantitative estimate of drug-likeness (QED) is 0.877. The Hall–Kier alpha value is -0.620. The van der Waals surface area contributed by atoms with E-state index >= 15 is 0 Å². The first-order chi connectivity index (χ1) is 9.41. The van der Waals surface area contributed by atoms with Gasteiger partial charge in [0.15, 0.2) is 0 Å². The fourth-order valence-corrected chi connectivity index (χ4v) is 2.78. The molecule has 0 aliphatic carbocycles. The van der Waals surface area contributed by atoms with Gasteiger partial charge in [-0.15, -0.1) is 12.4 Å². The van der Waals surface area contributed by atoms with Crippen LogP contribution in [0.4, 0.5) is 0 Å². The molecule has 1 aromatic carbocycles. The topological polar surface area (TPSA) is 55.6 Å². The van der Waals surface area contributed by atoms with Crippen LogP contribution in [-0.4, -0.2) is 37.6 Å². The van der Waals surface area contributed by atoms with Crippen molar-refractivity contribution in [1.29, 1.82) is 0 Å². The Morgan fingerprint density at radius 3 is 2.62 bits per heavy atom. The molecule has 118 valence electrons. The monoisotopic (exact) mass is 376 g/mol. The molecule has 0 bridgehead atoms. The summed E-state index contributed by atoms with van der Waals surface area (Å²) in [6.07, 6.45) is 1.01. The van der Waals surface area contributed by atoms with E-state index in [1.54, 1.807) is 11.8 Å². The van der Waals surface area contributed by atoms with Crippen LogP contribution in [0.1, 0.15) is 18.9 Å². The van der Waals surface area contributed by atoms with Crippen molar-refractivity contribution < 1.29 is 9.53 Å². The Labute approximate surface area is 140 Å². The number of halogens is 2. The molecule has 1 amide bonds. The van der Waals surface area contributed by atoms with Crippen molar-refractivity contribution in [3.05, 3.63) is 34.3 Å². The molecule has 0 spiro atoms. The molecule has 2 unspecified atom stereocenters. The lowest BCUT2D eigenvalue weighted by Crippen LogP contribution is -2.50. The molecule has 0 aromatic heterocycles. The molecule has 0 radical (unpaired) electrons. The Kier molecular flexibility index (Phi) is 6.66. The summed E-state index contributed by atoms with van der Waals surface area (Å²) in [6, 6.07) is 7.57. The van der Waals surface area contributed by atoms with Crippen LogP contribution in [0, 0.1) is 5.92 Å². The molecule has 21 heavy (non-hydrogen) atoms. The van der Waals surface area contributed by atoms with Crippen LogP contribution in [0.15, 0.2) is 28.7 Å². The molecule has 2 atom stereocenters. The smallest absolute Gasteiger partial charge is 0.246 e. The number of benzene rings is 1. The van der Waals surface area contributed by atoms with Crippen molar-refractivity contribution in [3.8, 4) is 0 Å². The number of nitrogens with two attached hydrogens (primary N) is 1. The van der Waals surface area contributed by atoms with Crippen LogP contribution in [0.25, 0.3) is 0 Å². The Morgan fingerprint density at radius 1 is 1.48 bits per heavy atom. The summed E-state index contributed by atoms with van der Waals surface area (Å²) in [5, 5.41) is 0. The highest BCUT2D eigenvalue weighted by Gasteiger charge is 2.34. The number of likely N-dealkylation sites (N-methyl/N-ethyl adjacent to an activating group) is 1. The number of amides is 1. The third kappa shape index (κ3) is 4.42. The minimum atomic E-state index is -1.01. The van der Waals surface area contributed by atoms with Gasteiger partial charge in [-0.05, 0) is 31.0 Å². The average Bonchev–Trinajstić information content (AvgIpc) is 2.91. The largest absolute Gasteiger partial charge is 0.381 e. The van der Waals surface area contributed by atoms with Gasteiger partial charge in [0, 0.05) is 30.6 Å². The van der Waals surface area contributed by atoms with E-state index in [2.05, 4.69) is 15.9 Å². The molecule has 1 heterocycles. The van der Waals surface area contributed by atoms with E-state index in [0.717, 1.165) is 29.7 Å². The standard InChI is InChI=1S/C15H21BrN2O2.ClH/c1-15(17,12-3-5-13(16)6-4-12)14(19)18(2)9-11-7-8-20-10-11;/h3-6,11H,7-10,17H2,1-2H3;1H. The summed E-state index contributed by atoms with van der Waals surface area (Å²) < 4.78 is 6.32. The molecular formula is C15H22BrClN2O2. The number of hydrogen-bond donors (Lipinski definition) is 1. The molecule has 2 N–H and O–H groups in total. The summed E-state index contributed by atoms with van der Waals surface area (Å²) >= 11 is 3.39. The van der Waals surface area contributed by atoms with Crippen molar-refractivity contribution >= 4 is 34.2 Å². The van der Waals surface area contributed by atoms with Crippen LogP contribution >= 0.6 is 28.3 Å². The Morgan fingerprint density at radius 2 is 2.10 bits per heavy atom. The molecule has 2 rings (SSSR count). The predicted molar refractivity (Wildman–Crippen MR) is 89.5 cm³/mol. The average molecular weight is 378 g/mol. The number of hydrogen-bond acceptors (Lipinski definition) is 3. The first-order valence-electron chi connectivity index (χ1n) is 6.79. The maximum Gasteiger partial charge on any atom is 0.246 e. The highest BCUT2D eigenvalue weighted by atomic mass is 79.9. The van der Waals surface area contributed by atoms with E-state index in [1.807, 2.05) is 31.3 Å². The van der Waals surface area contributed by atoms with E-state index < -0.39 is 5.54 Å². The lowest BCUT2D eigenvalue weighted by Gasteiger charge is -2.31. The molecule has 4 nitrogen and oxygen atoms in total. The molecular weight excluding hydrogens is 356 g/mol. The van der Waals surface area contributed by atoms with E-state index in [0.29, 0.717) is 12.5 Å². The van der Waals surface area contributed by atoms with Gasteiger partial charge in [-0.1, -0.05) is 28.1 Å². The second kappa shape index (κ2) is 7.58. The maximum atomic E-state index is 12.6. The van der Waals surface area contributed by atoms with Gasteiger partial charge in [0.1, 0.15) is 5.54 Å². The van der Waals surface area contributed by atoms with Crippen LogP contribution in [0.2, 0.25) is 0 Å². The number of nitrogens with zero attached hydrogens (tertiary/aromatic N) is 1. The molecule has 1 saturated heterocycles. The fourth-order valence-electron chi connectivity index (χ4n) is 2.51. The summed E-state index contributed by atoms with van der Waals surface area (Å²) in [5.41, 5.74) is 6.08. The van der Waals surface area contributed by atoms with Gasteiger partial charge in [0.2, 0.25) is 5.91 Å². The van der Waals surface area contributed by atoms with E-state index in [1.165, 1.54) is 0 Å². The Bertz CT molecular complexity index is 473. The van der Waals surface area contributed by atoms with Gasteiger partial charge in [-0.25, -0.2) is 0 Å². The summed E-state index contributed by atoms with van der Waals surface area (Å²) in [6.45, 7) is 3.98. The third-order valence-corrected chi connectivity index (χ3v) is 4.32. The normalized spacial score (nSPS) is 20.5. The van der Waals surface area contributed by atoms with Gasteiger partial charge < -0.3 is 15.4 Å². The highest BCUT2D eigenvalue weighted by molar-refractivity contribution is 9.10. The minimum absolute atomic E-state index is 0. The molecule has 1 aliphatic rings. The van der Waals surface area contributed by atoms with Crippen LogP contribution < -0.4 is 5.73 Å². The van der Waals surface area contributed by atoms with E-state index in [-0.39, 0.29) is 18.3 Å². The molecule has 1 aliphatic heterocycles. The van der Waals surface area contributed by atoms with Gasteiger partial charge in [0.05, 0.1) is 6.61 Å². The number of carbonyl (C=O) groups is 1. The Balaban J connectivity index is 0.00000220. The van der Waals surface area contributed by atoms with E-state index in [9.17, 15) is 4.79 Å². The third-order valence-electron chi connectivity index (χ3n) is 3.79. The number of rotatable bonds is 4. The van der Waals surface area contributed by atoms with Crippen LogP contribution in [-0.2, 0) is 15.1 Å². The summed E-state index contributed by atoms with van der Waals surface area (Å²) in [4.78, 5) is 14.3. The van der Waals surface area contributed by atoms with E-state index in [4.69, 9.17) is 10.5 Å². The van der Waals surface area contributed by atoms with Gasteiger partial charge in [-0.3, -0.25) is 4.79 Å². The lowest BCUT2D eigenvalue weighted by atomic mass is 9.91. The van der Waals surface area contributed by atoms with Crippen molar-refractivity contribution in [2.45, 2.75) is 18.9 Å². The van der Waals surface area contributed by atoms with Crippen molar-refractivity contribution in [2.75, 3.05) is 26.8 Å². The maximum absolute atomic E-state index is 12.6. The fraction of sp³-hybridized carbons (Fsp3) is 0.533. The predicted octanol–water partition coefficient (Wildman–Crippen LogP) is 2.54. The van der Waals surface area contributed by atoms with Crippen molar-refractivity contribution in [2.24, 2.45) is 11.7 Å². The zero-order valence-electron chi connectivity index (χ0n) is 12.3. The lowest BCUT2D eigenvalue weighted by molar-refractivity contribution is -0.136.